The zero-order chi connectivity index (χ0) is 19.6. The zero-order valence-corrected chi connectivity index (χ0v) is 15.4. The SMILES string of the molecule is CO[C@H]1O[C@H](C(O)S(=O)(=O)c2ccc(C)cc2)[C@@H](O)[C@H](O)[C@H]1NC(C)=O. The van der Waals surface area contributed by atoms with Gasteiger partial charge in [0.25, 0.3) is 0 Å². The highest BCUT2D eigenvalue weighted by Gasteiger charge is 2.50. The van der Waals surface area contributed by atoms with E-state index in [1.807, 2.05) is 0 Å². The Morgan fingerprint density at radius 3 is 2.31 bits per heavy atom. The van der Waals surface area contributed by atoms with Crippen LogP contribution in [0.2, 0.25) is 0 Å². The molecular weight excluding hydrogens is 366 g/mol. The number of sulfone groups is 1. The number of hydrogen-bond donors (Lipinski definition) is 4. The van der Waals surface area contributed by atoms with Crippen LogP contribution in [0.1, 0.15) is 12.5 Å². The van der Waals surface area contributed by atoms with Crippen molar-refractivity contribution in [3.8, 4) is 0 Å². The number of carbonyl (C=O) groups is 1. The van der Waals surface area contributed by atoms with Gasteiger partial charge in [-0.15, -0.1) is 0 Å². The molecule has 0 aliphatic carbocycles. The van der Waals surface area contributed by atoms with Crippen molar-refractivity contribution in [3.63, 3.8) is 0 Å². The van der Waals surface area contributed by atoms with Gasteiger partial charge in [0, 0.05) is 14.0 Å². The molecule has 1 unspecified atom stereocenters. The number of aliphatic hydroxyl groups excluding tert-OH is 3. The van der Waals surface area contributed by atoms with Crippen LogP contribution in [-0.2, 0) is 24.1 Å². The first-order valence-corrected chi connectivity index (χ1v) is 9.44. The van der Waals surface area contributed by atoms with Gasteiger partial charge in [-0.05, 0) is 19.1 Å². The number of benzene rings is 1. The highest BCUT2D eigenvalue weighted by Crippen LogP contribution is 2.28. The van der Waals surface area contributed by atoms with Crippen molar-refractivity contribution in [2.45, 2.75) is 54.8 Å². The molecule has 1 saturated heterocycles. The maximum absolute atomic E-state index is 12.6. The summed E-state index contributed by atoms with van der Waals surface area (Å²) in [4.78, 5) is 11.1. The average Bonchev–Trinajstić information content (AvgIpc) is 2.59. The first-order valence-electron chi connectivity index (χ1n) is 7.89. The van der Waals surface area contributed by atoms with Gasteiger partial charge >= 0.3 is 0 Å². The summed E-state index contributed by atoms with van der Waals surface area (Å²) < 4.78 is 35.6. The van der Waals surface area contributed by atoms with Crippen molar-refractivity contribution in [1.82, 2.24) is 5.32 Å². The van der Waals surface area contributed by atoms with E-state index < -0.39 is 51.8 Å². The molecule has 1 aromatic carbocycles. The summed E-state index contributed by atoms with van der Waals surface area (Å²) in [5.74, 6) is -0.502. The maximum atomic E-state index is 12.6. The van der Waals surface area contributed by atoms with Crippen LogP contribution in [-0.4, -0.2) is 72.8 Å². The molecule has 4 N–H and O–H groups in total. The lowest BCUT2D eigenvalue weighted by Crippen LogP contribution is -2.66. The summed E-state index contributed by atoms with van der Waals surface area (Å²) >= 11 is 0. The molecular formula is C16H23NO8S. The molecule has 0 radical (unpaired) electrons. The monoisotopic (exact) mass is 389 g/mol. The predicted octanol–water partition coefficient (Wildman–Crippen LogP) is -1.32. The molecule has 1 heterocycles. The Balaban J connectivity index is 2.29. The summed E-state index contributed by atoms with van der Waals surface area (Å²) in [6.07, 6.45) is -6.31. The predicted molar refractivity (Wildman–Crippen MR) is 89.7 cm³/mol. The normalized spacial score (nSPS) is 30.6. The summed E-state index contributed by atoms with van der Waals surface area (Å²) in [5, 5.41) is 33.2. The van der Waals surface area contributed by atoms with Gasteiger partial charge in [-0.25, -0.2) is 8.42 Å². The van der Waals surface area contributed by atoms with Crippen LogP contribution in [0.15, 0.2) is 29.2 Å². The largest absolute Gasteiger partial charge is 0.388 e. The number of aliphatic hydroxyl groups is 3. The maximum Gasteiger partial charge on any atom is 0.217 e. The lowest BCUT2D eigenvalue weighted by molar-refractivity contribution is -0.266. The Bertz CT molecular complexity index is 733. The van der Waals surface area contributed by atoms with E-state index in [9.17, 15) is 28.5 Å². The van der Waals surface area contributed by atoms with Crippen LogP contribution < -0.4 is 5.32 Å². The number of rotatable bonds is 5. The molecule has 1 aliphatic rings. The molecule has 0 bridgehead atoms. The first kappa shape index (κ1) is 20.7. The minimum absolute atomic E-state index is 0.154. The second kappa shape index (κ2) is 7.99. The molecule has 9 nitrogen and oxygen atoms in total. The van der Waals surface area contributed by atoms with Gasteiger partial charge in [0.15, 0.2) is 11.7 Å². The van der Waals surface area contributed by atoms with E-state index in [-0.39, 0.29) is 4.90 Å². The summed E-state index contributed by atoms with van der Waals surface area (Å²) in [5.41, 5.74) is -1.31. The first-order chi connectivity index (χ1) is 12.1. The van der Waals surface area contributed by atoms with E-state index in [0.717, 1.165) is 5.56 Å². The van der Waals surface area contributed by atoms with E-state index in [4.69, 9.17) is 9.47 Å². The number of aryl methyl sites for hydroxylation is 1. The minimum atomic E-state index is -4.27. The second-order valence-corrected chi connectivity index (χ2v) is 8.21. The number of carbonyl (C=O) groups excluding carboxylic acids is 1. The standard InChI is InChI=1S/C16H23NO8S/c1-8-4-6-10(7-5-8)26(22,23)15(21)14-13(20)12(19)11(17-9(2)18)16(24-3)25-14/h4-7,11-16,19-21H,1-3H3,(H,17,18)/t11-,12-,13+,14+,15?,16+/m1/s1. The molecule has 2 rings (SSSR count). The van der Waals surface area contributed by atoms with Crippen LogP contribution in [0.3, 0.4) is 0 Å². The Kier molecular flexibility index (Phi) is 6.37. The molecule has 0 saturated carbocycles. The molecule has 6 atom stereocenters. The molecule has 0 spiro atoms. The summed E-state index contributed by atoms with van der Waals surface area (Å²) in [6.45, 7) is 2.98. The quantitative estimate of drug-likeness (QED) is 0.486. The van der Waals surface area contributed by atoms with E-state index in [0.29, 0.717) is 0 Å². The van der Waals surface area contributed by atoms with Crippen molar-refractivity contribution in [3.05, 3.63) is 29.8 Å². The summed E-state index contributed by atoms with van der Waals surface area (Å²) in [6, 6.07) is 4.66. The van der Waals surface area contributed by atoms with E-state index >= 15 is 0 Å². The molecule has 10 heteroatoms. The number of nitrogens with one attached hydrogen (secondary N) is 1. The smallest absolute Gasteiger partial charge is 0.217 e. The Morgan fingerprint density at radius 2 is 1.81 bits per heavy atom. The van der Waals surface area contributed by atoms with Gasteiger partial charge in [0.1, 0.15) is 24.4 Å². The van der Waals surface area contributed by atoms with Crippen molar-refractivity contribution in [1.29, 1.82) is 0 Å². The molecule has 1 amide bonds. The molecule has 1 aromatic rings. The topological polar surface area (TPSA) is 142 Å². The molecule has 26 heavy (non-hydrogen) atoms. The fourth-order valence-electron chi connectivity index (χ4n) is 2.76. The van der Waals surface area contributed by atoms with Crippen molar-refractivity contribution >= 4 is 15.7 Å². The lowest BCUT2D eigenvalue weighted by Gasteiger charge is -2.43. The van der Waals surface area contributed by atoms with Crippen molar-refractivity contribution < 1.29 is 38.0 Å². The number of methoxy groups -OCH3 is 1. The highest BCUT2D eigenvalue weighted by atomic mass is 32.2. The van der Waals surface area contributed by atoms with Gasteiger partial charge < -0.3 is 30.1 Å². The van der Waals surface area contributed by atoms with Gasteiger partial charge in [-0.3, -0.25) is 4.79 Å². The van der Waals surface area contributed by atoms with E-state index in [2.05, 4.69) is 5.32 Å². The van der Waals surface area contributed by atoms with Crippen molar-refractivity contribution in [2.75, 3.05) is 7.11 Å². The minimum Gasteiger partial charge on any atom is -0.388 e. The van der Waals surface area contributed by atoms with Gasteiger partial charge in [-0.2, -0.15) is 0 Å². The van der Waals surface area contributed by atoms with Gasteiger partial charge in [-0.1, -0.05) is 17.7 Å². The number of amides is 1. The van der Waals surface area contributed by atoms with Crippen LogP contribution in [0.4, 0.5) is 0 Å². The third kappa shape index (κ3) is 4.05. The Hall–Kier alpha value is -1.56. The van der Waals surface area contributed by atoms with Crippen LogP contribution >= 0.6 is 0 Å². The zero-order valence-electron chi connectivity index (χ0n) is 14.6. The summed E-state index contributed by atoms with van der Waals surface area (Å²) in [7, 11) is -3.04. The van der Waals surface area contributed by atoms with E-state index in [1.54, 1.807) is 19.1 Å². The Morgan fingerprint density at radius 1 is 1.23 bits per heavy atom. The van der Waals surface area contributed by atoms with Crippen LogP contribution in [0.25, 0.3) is 0 Å². The van der Waals surface area contributed by atoms with Gasteiger partial charge in [0.2, 0.25) is 15.7 Å². The number of hydrogen-bond acceptors (Lipinski definition) is 8. The van der Waals surface area contributed by atoms with Crippen molar-refractivity contribution in [2.24, 2.45) is 0 Å². The third-order valence-electron chi connectivity index (χ3n) is 4.19. The molecule has 1 fully saturated rings. The number of ether oxygens (including phenoxy) is 2. The van der Waals surface area contributed by atoms with Gasteiger partial charge in [0.05, 0.1) is 4.90 Å². The molecule has 0 aromatic heterocycles. The van der Waals surface area contributed by atoms with E-state index in [1.165, 1.54) is 26.2 Å². The third-order valence-corrected chi connectivity index (χ3v) is 6.02. The lowest BCUT2D eigenvalue weighted by atomic mass is 9.97. The fraction of sp³-hybridized carbons (Fsp3) is 0.562. The van der Waals surface area contributed by atoms with Crippen LogP contribution in [0.5, 0.6) is 0 Å². The molecule has 146 valence electrons. The molecule has 1 aliphatic heterocycles. The Labute approximate surface area is 151 Å². The van der Waals surface area contributed by atoms with Crippen LogP contribution in [0, 0.1) is 6.92 Å². The second-order valence-electron chi connectivity index (χ2n) is 6.16. The average molecular weight is 389 g/mol. The highest BCUT2D eigenvalue weighted by molar-refractivity contribution is 7.92. The fourth-order valence-corrected chi connectivity index (χ4v) is 4.13.